The maximum Gasteiger partial charge on any atom is 0.255 e. The highest BCUT2D eigenvalue weighted by Crippen LogP contribution is 2.35. The molecule has 2 aromatic rings. The van der Waals surface area contributed by atoms with Gasteiger partial charge in [-0.05, 0) is 48.2 Å². The number of nitrogens with zero attached hydrogens (tertiary/aromatic N) is 1. The molecule has 1 amide bonds. The van der Waals surface area contributed by atoms with Crippen molar-refractivity contribution in [2.75, 3.05) is 5.32 Å². The smallest absolute Gasteiger partial charge is 0.255 e. The highest BCUT2D eigenvalue weighted by molar-refractivity contribution is 6.15. The number of amides is 1. The minimum Gasteiger partial charge on any atom is -0.511 e. The van der Waals surface area contributed by atoms with E-state index in [9.17, 15) is 14.7 Å². The van der Waals surface area contributed by atoms with Crippen LogP contribution < -0.4 is 5.32 Å². The topological polar surface area (TPSA) is 78.8 Å². The van der Waals surface area contributed by atoms with Crippen LogP contribution in [0.15, 0.2) is 64.9 Å². The Morgan fingerprint density at radius 2 is 1.86 bits per heavy atom. The molecule has 1 aliphatic carbocycles. The van der Waals surface area contributed by atoms with Crippen molar-refractivity contribution in [1.82, 2.24) is 0 Å². The Morgan fingerprint density at radius 1 is 1.14 bits per heavy atom. The lowest BCUT2D eigenvalue weighted by Crippen LogP contribution is -2.26. The second-order valence-electron chi connectivity index (χ2n) is 7.88. The number of Topliss-reactive ketones (excluding diaryl/α,β-unsaturated/α-hetero) is 1. The Balaban J connectivity index is 1.75. The van der Waals surface area contributed by atoms with Gasteiger partial charge in [0.2, 0.25) is 0 Å². The van der Waals surface area contributed by atoms with Gasteiger partial charge in [0.25, 0.3) is 5.91 Å². The maximum atomic E-state index is 12.3. The number of carbonyl (C=O) groups excluding carboxylic acids is 2. The van der Waals surface area contributed by atoms with Crippen LogP contribution in [-0.2, 0) is 4.79 Å². The van der Waals surface area contributed by atoms with Crippen LogP contribution in [0.4, 0.5) is 11.4 Å². The summed E-state index contributed by atoms with van der Waals surface area (Å²) in [4.78, 5) is 28.9. The Morgan fingerprint density at radius 3 is 2.50 bits per heavy atom. The van der Waals surface area contributed by atoms with Gasteiger partial charge in [0.15, 0.2) is 5.78 Å². The molecule has 0 spiro atoms. The second-order valence-corrected chi connectivity index (χ2v) is 7.88. The third-order valence-corrected chi connectivity index (χ3v) is 4.73. The number of hydrogen-bond donors (Lipinski definition) is 2. The van der Waals surface area contributed by atoms with Gasteiger partial charge in [-0.25, -0.2) is 0 Å². The van der Waals surface area contributed by atoms with E-state index >= 15 is 0 Å². The molecule has 0 aliphatic heterocycles. The van der Waals surface area contributed by atoms with Crippen LogP contribution in [0.3, 0.4) is 0 Å². The lowest BCUT2D eigenvalue weighted by Gasteiger charge is -2.28. The molecule has 1 aliphatic rings. The first-order chi connectivity index (χ1) is 13.2. The molecular formula is C23H24N2O3. The molecule has 144 valence electrons. The summed E-state index contributed by atoms with van der Waals surface area (Å²) in [5.41, 5.74) is 2.84. The predicted molar refractivity (Wildman–Crippen MR) is 111 cm³/mol. The first-order valence-electron chi connectivity index (χ1n) is 9.22. The summed E-state index contributed by atoms with van der Waals surface area (Å²) in [6, 6.07) is 14.4. The van der Waals surface area contributed by atoms with Crippen molar-refractivity contribution >= 4 is 29.3 Å². The molecule has 5 heteroatoms. The van der Waals surface area contributed by atoms with Crippen LogP contribution in [0.1, 0.15) is 42.6 Å². The Kier molecular flexibility index (Phi) is 5.45. The molecule has 28 heavy (non-hydrogen) atoms. The van der Waals surface area contributed by atoms with E-state index in [4.69, 9.17) is 0 Å². The molecule has 0 unspecified atom stereocenters. The number of carbonyl (C=O) groups is 2. The highest BCUT2D eigenvalue weighted by Gasteiger charge is 2.32. The van der Waals surface area contributed by atoms with Crippen LogP contribution in [0.5, 0.6) is 0 Å². The first-order valence-corrected chi connectivity index (χ1v) is 9.22. The first kappa shape index (κ1) is 19.5. The van der Waals surface area contributed by atoms with E-state index in [0.717, 1.165) is 5.56 Å². The standard InChI is InChI=1S/C23H24N2O3/c1-15-11-17(24-14-18-20(26)12-23(2,3)13-21(18)27)9-10-19(15)25-22(28)16-7-5-4-6-8-16/h4-11,14,26H,12-13H2,1-3H3,(H,25,28). The van der Waals surface area contributed by atoms with Crippen molar-refractivity contribution in [2.24, 2.45) is 10.4 Å². The number of anilines is 1. The summed E-state index contributed by atoms with van der Waals surface area (Å²) < 4.78 is 0. The van der Waals surface area contributed by atoms with Gasteiger partial charge in [-0.15, -0.1) is 0 Å². The van der Waals surface area contributed by atoms with Gasteiger partial charge in [-0.1, -0.05) is 32.0 Å². The lowest BCUT2D eigenvalue weighted by atomic mass is 9.77. The van der Waals surface area contributed by atoms with Crippen molar-refractivity contribution in [1.29, 1.82) is 0 Å². The van der Waals surface area contributed by atoms with Crippen LogP contribution >= 0.6 is 0 Å². The van der Waals surface area contributed by atoms with E-state index in [1.165, 1.54) is 6.21 Å². The number of nitrogens with one attached hydrogen (secondary N) is 1. The third kappa shape index (κ3) is 4.55. The molecule has 2 aromatic carbocycles. The zero-order valence-corrected chi connectivity index (χ0v) is 16.3. The van der Waals surface area contributed by atoms with Gasteiger partial charge in [-0.2, -0.15) is 0 Å². The molecule has 0 heterocycles. The highest BCUT2D eigenvalue weighted by atomic mass is 16.3. The van der Waals surface area contributed by atoms with Crippen LogP contribution in [0.25, 0.3) is 0 Å². The van der Waals surface area contributed by atoms with E-state index in [2.05, 4.69) is 10.3 Å². The van der Waals surface area contributed by atoms with Gasteiger partial charge >= 0.3 is 0 Å². The van der Waals surface area contributed by atoms with Crippen molar-refractivity contribution in [3.63, 3.8) is 0 Å². The number of aliphatic hydroxyl groups is 1. The Hall–Kier alpha value is -3.21. The number of allylic oxidation sites excluding steroid dienone is 2. The summed E-state index contributed by atoms with van der Waals surface area (Å²) in [6.07, 6.45) is 2.29. The van der Waals surface area contributed by atoms with Gasteiger partial charge in [0.05, 0.1) is 11.3 Å². The number of ketones is 1. The summed E-state index contributed by atoms with van der Waals surface area (Å²) >= 11 is 0. The number of rotatable bonds is 4. The van der Waals surface area contributed by atoms with Gasteiger partial charge in [0.1, 0.15) is 5.76 Å². The van der Waals surface area contributed by atoms with E-state index in [-0.39, 0.29) is 28.4 Å². The number of hydrogen-bond acceptors (Lipinski definition) is 4. The zero-order valence-electron chi connectivity index (χ0n) is 16.3. The molecule has 0 radical (unpaired) electrons. The Bertz CT molecular complexity index is 973. The quantitative estimate of drug-likeness (QED) is 0.724. The summed E-state index contributed by atoms with van der Waals surface area (Å²) in [6.45, 7) is 5.80. The fourth-order valence-corrected chi connectivity index (χ4v) is 3.24. The van der Waals surface area contributed by atoms with E-state index in [1.807, 2.05) is 45.0 Å². The monoisotopic (exact) mass is 376 g/mol. The maximum absolute atomic E-state index is 12.3. The molecule has 0 atom stereocenters. The normalized spacial score (nSPS) is 16.5. The minimum absolute atomic E-state index is 0.0912. The van der Waals surface area contributed by atoms with Crippen molar-refractivity contribution in [3.8, 4) is 0 Å². The largest absolute Gasteiger partial charge is 0.511 e. The molecule has 3 rings (SSSR count). The number of aliphatic hydroxyl groups excluding tert-OH is 1. The van der Waals surface area contributed by atoms with E-state index in [1.54, 1.807) is 24.3 Å². The molecule has 0 saturated carbocycles. The number of aryl methyl sites for hydroxylation is 1. The van der Waals surface area contributed by atoms with Gasteiger partial charge in [-0.3, -0.25) is 14.6 Å². The van der Waals surface area contributed by atoms with Crippen LogP contribution in [0.2, 0.25) is 0 Å². The predicted octanol–water partition coefficient (Wildman–Crippen LogP) is 5.15. The van der Waals surface area contributed by atoms with Crippen molar-refractivity contribution in [3.05, 3.63) is 71.0 Å². The van der Waals surface area contributed by atoms with Gasteiger partial charge < -0.3 is 10.4 Å². The SMILES string of the molecule is Cc1cc(N=CC2=C(O)CC(C)(C)CC2=O)ccc1NC(=O)c1ccccc1. The summed E-state index contributed by atoms with van der Waals surface area (Å²) in [5.74, 6) is -0.181. The molecule has 2 N–H and O–H groups in total. The van der Waals surface area contributed by atoms with Crippen molar-refractivity contribution < 1.29 is 14.7 Å². The molecule has 0 saturated heterocycles. The minimum atomic E-state index is -0.228. The molecule has 0 bridgehead atoms. The zero-order chi connectivity index (χ0) is 20.3. The van der Waals surface area contributed by atoms with Gasteiger partial charge in [0, 0.05) is 30.3 Å². The fraction of sp³-hybridized carbons (Fsp3) is 0.261. The number of aliphatic imine (C=N–C) groups is 1. The van der Waals surface area contributed by atoms with Crippen molar-refractivity contribution in [2.45, 2.75) is 33.6 Å². The van der Waals surface area contributed by atoms with Crippen LogP contribution in [0, 0.1) is 12.3 Å². The second kappa shape index (κ2) is 7.80. The average molecular weight is 376 g/mol. The lowest BCUT2D eigenvalue weighted by molar-refractivity contribution is -0.117. The van der Waals surface area contributed by atoms with Crippen LogP contribution in [-0.4, -0.2) is 23.0 Å². The third-order valence-electron chi connectivity index (χ3n) is 4.73. The molecular weight excluding hydrogens is 352 g/mol. The number of benzene rings is 2. The Labute approximate surface area is 164 Å². The fourth-order valence-electron chi connectivity index (χ4n) is 3.24. The average Bonchev–Trinajstić information content (AvgIpc) is 2.63. The molecule has 5 nitrogen and oxygen atoms in total. The molecule has 0 fully saturated rings. The summed E-state index contributed by atoms with van der Waals surface area (Å²) in [7, 11) is 0. The van der Waals surface area contributed by atoms with E-state index in [0.29, 0.717) is 29.8 Å². The molecule has 0 aromatic heterocycles. The summed E-state index contributed by atoms with van der Waals surface area (Å²) in [5, 5.41) is 13.1. The van der Waals surface area contributed by atoms with E-state index < -0.39 is 0 Å².